The number of piperazine rings is 1. The van der Waals surface area contributed by atoms with E-state index < -0.39 is 88.0 Å². The van der Waals surface area contributed by atoms with Crippen LogP contribution >= 0.6 is 0 Å². The summed E-state index contributed by atoms with van der Waals surface area (Å²) in [6.45, 7) is 26.7. The minimum absolute atomic E-state index is 0.00174. The average molecular weight is 1530 g/mol. The minimum Gasteiger partial charge on any atom is -0.379 e. The van der Waals surface area contributed by atoms with Gasteiger partial charge in [0.25, 0.3) is 0 Å². The second-order valence-corrected chi connectivity index (χ2v) is 34.1. The molecule has 21 heteroatoms. The lowest BCUT2D eigenvalue weighted by molar-refractivity contribution is -0.137. The van der Waals surface area contributed by atoms with Crippen molar-refractivity contribution in [1.29, 1.82) is 0 Å². The third-order valence-corrected chi connectivity index (χ3v) is 22.2. The predicted octanol–water partition coefficient (Wildman–Crippen LogP) is 12.9. The van der Waals surface area contributed by atoms with E-state index in [9.17, 15) is 61.1 Å². The van der Waals surface area contributed by atoms with Crippen LogP contribution in [0, 0.1) is 58.2 Å². The van der Waals surface area contributed by atoms with Gasteiger partial charge in [0, 0.05) is 112 Å². The number of morpholine rings is 1. The molecule has 0 bridgehead atoms. The van der Waals surface area contributed by atoms with E-state index in [2.05, 4.69) is 38.1 Å². The van der Waals surface area contributed by atoms with E-state index in [0.717, 1.165) is 80.7 Å². The van der Waals surface area contributed by atoms with Gasteiger partial charge in [-0.05, 0) is 155 Å². The quantitative estimate of drug-likeness (QED) is 0.0322. The molecular formula is C89H126F3N7O11. The molecule has 2 aliphatic carbocycles. The number of Topliss-reactive ketones (excluding diaryl/α,β-unsaturated/α-hetero) is 6. The number of aryl methyl sites for hydroxylation is 2. The molecule has 8 atom stereocenters. The second-order valence-electron chi connectivity index (χ2n) is 34.1. The fourth-order valence-corrected chi connectivity index (χ4v) is 14.8. The molecule has 2 saturated carbocycles. The molecule has 0 unspecified atom stereocenters. The molecule has 4 N–H and O–H groups in total. The zero-order valence-corrected chi connectivity index (χ0v) is 67.4. The maximum atomic E-state index is 14.3. The molecule has 604 valence electrons. The molecule has 2 heterocycles. The molecule has 4 aromatic rings. The highest BCUT2D eigenvalue weighted by Gasteiger charge is 2.50. The highest BCUT2D eigenvalue weighted by Crippen LogP contribution is 2.48. The molecule has 8 rings (SSSR count). The summed E-state index contributed by atoms with van der Waals surface area (Å²) in [4.78, 5) is 145. The van der Waals surface area contributed by atoms with Crippen molar-refractivity contribution < 1.29 is 65.9 Å². The van der Waals surface area contributed by atoms with Crippen molar-refractivity contribution in [2.24, 2.45) is 58.2 Å². The van der Waals surface area contributed by atoms with Crippen molar-refractivity contribution in [2.75, 3.05) is 72.6 Å². The summed E-state index contributed by atoms with van der Waals surface area (Å²) >= 11 is 0. The fourth-order valence-electron chi connectivity index (χ4n) is 14.8. The van der Waals surface area contributed by atoms with Crippen LogP contribution in [-0.2, 0) is 84.5 Å². The Hall–Kier alpha value is -7.59. The number of ketones is 6. The van der Waals surface area contributed by atoms with Crippen molar-refractivity contribution in [3.8, 4) is 0 Å². The first-order valence-electron chi connectivity index (χ1n) is 40.5. The van der Waals surface area contributed by atoms with Crippen LogP contribution in [0.2, 0.25) is 0 Å². The Balaban J connectivity index is 0.000000306. The van der Waals surface area contributed by atoms with Crippen molar-refractivity contribution >= 4 is 58.3 Å². The summed E-state index contributed by atoms with van der Waals surface area (Å²) < 4.78 is 45.5. The normalized spacial score (nSPS) is 17.9. The van der Waals surface area contributed by atoms with Gasteiger partial charge in [-0.15, -0.1) is 0 Å². The lowest BCUT2D eigenvalue weighted by Gasteiger charge is -2.32. The van der Waals surface area contributed by atoms with Gasteiger partial charge in [-0.2, -0.15) is 13.2 Å². The van der Waals surface area contributed by atoms with Crippen molar-refractivity contribution in [3.63, 3.8) is 0 Å². The van der Waals surface area contributed by atoms with Gasteiger partial charge in [-0.25, -0.2) is 0 Å². The third-order valence-electron chi connectivity index (χ3n) is 22.2. The minimum atomic E-state index is -4.54. The summed E-state index contributed by atoms with van der Waals surface area (Å²) in [6, 6.07) is 30.6. The Morgan fingerprint density at radius 2 is 0.782 bits per heavy atom. The number of likely N-dealkylation sites (N-methyl/N-ethyl adjacent to an activating group) is 1. The van der Waals surface area contributed by atoms with E-state index in [1.807, 2.05) is 165 Å². The number of hydrogen-bond donors (Lipinski definition) is 4. The number of benzene rings is 4. The largest absolute Gasteiger partial charge is 0.416 e. The first-order chi connectivity index (χ1) is 52.1. The van der Waals surface area contributed by atoms with Gasteiger partial charge in [0.2, 0.25) is 23.6 Å². The lowest BCUT2D eigenvalue weighted by atomic mass is 9.86. The number of rotatable bonds is 45. The van der Waals surface area contributed by atoms with Gasteiger partial charge in [0.1, 0.15) is 11.6 Å². The van der Waals surface area contributed by atoms with Gasteiger partial charge >= 0.3 is 6.18 Å². The molecule has 18 nitrogen and oxygen atoms in total. The SMILES string of the molecule is CC(C)C[C@H](NC(=O)[C@H](CCc1ccccc1)CC(=O)CCN1CCN(C)CC1)C(=O)C[C@@H](Cc1ccccc1)C(=O)N[C@@H](CC(C)C)C(=O)C1(C)CC1.CC(C)C[C@H](NC(=O)[C@H](CCc1ccccc1)CC(=O)CN1CCOCC1)C(=O)C[C@@H](Cc1ccc(C(F)(F)F)cc1)C(=O)N[C@@H](CC(C)C)C(=O)C1(C)CC1. The zero-order chi connectivity index (χ0) is 80.3. The maximum absolute atomic E-state index is 14.3. The number of alkyl halides is 3. The number of amides is 4. The number of halogens is 3. The topological polar surface area (TPSA) is 238 Å². The van der Waals surface area contributed by atoms with Crippen LogP contribution in [0.25, 0.3) is 0 Å². The number of carbonyl (C=O) groups excluding carboxylic acids is 10. The molecule has 4 aromatic carbocycles. The zero-order valence-electron chi connectivity index (χ0n) is 67.4. The standard InChI is InChI=1S/C45H66N4O5.C44H60F3N3O6/c1-32(2)27-39(46-43(53)36(18-17-34-13-9-7-10-14-34)30-38(50)19-22-49-25-23-48(6)24-26-49)41(51)31-37(29-35-15-11-8-12-16-35)44(54)47-40(28-33(3)4)42(52)45(5)20-21-45;1-29(2)23-37(48-41(54)33(14-11-31-9-7-6-8-10-31)26-36(51)28-50-19-21-56-22-20-50)39(52)27-34(25-32-12-15-35(16-13-32)44(45,46)47)42(55)49-38(24-30(3)4)40(53)43(5)17-18-43/h7-16,32-33,36-37,39-40H,17-31H2,1-6H3,(H,46,53)(H,47,54);6-10,12-13,15-16,29-30,33-34,37-38H,11,14,17-28H2,1-5H3,(H,48,54)(H,49,55)/t36-,37-,39+,40+;33-,34-,37+,38+/m11/s1. The highest BCUT2D eigenvalue weighted by molar-refractivity contribution is 5.99. The van der Waals surface area contributed by atoms with Gasteiger partial charge in [-0.3, -0.25) is 52.8 Å². The van der Waals surface area contributed by atoms with E-state index in [1.54, 1.807) is 0 Å². The number of hydrogen-bond acceptors (Lipinski definition) is 14. The molecule has 4 amide bonds. The molecule has 4 aliphatic rings. The first-order valence-corrected chi connectivity index (χ1v) is 40.5. The number of carbonyl (C=O) groups is 10. The molecule has 0 spiro atoms. The maximum Gasteiger partial charge on any atom is 0.416 e. The molecular weight excluding hydrogens is 1400 g/mol. The molecule has 2 aliphatic heterocycles. The summed E-state index contributed by atoms with van der Waals surface area (Å²) in [7, 11) is 2.11. The molecule has 110 heavy (non-hydrogen) atoms. The fraction of sp³-hybridized carbons (Fsp3) is 0.618. The smallest absolute Gasteiger partial charge is 0.379 e. The van der Waals surface area contributed by atoms with E-state index in [-0.39, 0.29) is 109 Å². The van der Waals surface area contributed by atoms with Crippen LogP contribution in [-0.4, -0.2) is 170 Å². The van der Waals surface area contributed by atoms with Crippen LogP contribution < -0.4 is 21.3 Å². The Kier molecular flexibility index (Phi) is 35.4. The van der Waals surface area contributed by atoms with E-state index in [0.29, 0.717) is 96.2 Å². The molecule has 0 radical (unpaired) electrons. The second kappa shape index (κ2) is 43.4. The Labute approximate surface area is 652 Å². The molecule has 0 aromatic heterocycles. The monoisotopic (exact) mass is 1530 g/mol. The van der Waals surface area contributed by atoms with E-state index in [4.69, 9.17) is 4.74 Å². The van der Waals surface area contributed by atoms with Gasteiger partial charge < -0.3 is 35.8 Å². The van der Waals surface area contributed by atoms with E-state index >= 15 is 0 Å². The Bertz CT molecular complexity index is 3610. The van der Waals surface area contributed by atoms with Crippen molar-refractivity contribution in [2.45, 2.75) is 222 Å². The van der Waals surface area contributed by atoms with Crippen LogP contribution in [0.15, 0.2) is 115 Å². The Morgan fingerprint density at radius 1 is 0.427 bits per heavy atom. The van der Waals surface area contributed by atoms with Crippen LogP contribution in [0.3, 0.4) is 0 Å². The predicted molar refractivity (Wildman–Crippen MR) is 423 cm³/mol. The molecule has 4 fully saturated rings. The number of ether oxygens (including phenoxy) is 1. The summed E-state index contributed by atoms with van der Waals surface area (Å²) in [5.41, 5.74) is 1.72. The van der Waals surface area contributed by atoms with E-state index in [1.165, 1.54) is 12.1 Å². The van der Waals surface area contributed by atoms with Crippen LogP contribution in [0.1, 0.15) is 193 Å². The van der Waals surface area contributed by atoms with Crippen LogP contribution in [0.5, 0.6) is 0 Å². The number of nitrogens with one attached hydrogen (secondary N) is 4. The van der Waals surface area contributed by atoms with Crippen molar-refractivity contribution in [1.82, 2.24) is 36.0 Å². The van der Waals surface area contributed by atoms with Gasteiger partial charge in [0.15, 0.2) is 23.1 Å². The summed E-state index contributed by atoms with van der Waals surface area (Å²) in [5.74, 6) is -4.84. The third kappa shape index (κ3) is 30.8. The lowest BCUT2D eigenvalue weighted by Crippen LogP contribution is -2.49. The van der Waals surface area contributed by atoms with Crippen molar-refractivity contribution in [3.05, 3.63) is 143 Å². The first kappa shape index (κ1) is 89.6. The number of nitrogens with zero attached hydrogens (tertiary/aromatic N) is 3. The van der Waals surface area contributed by atoms with Gasteiger partial charge in [-0.1, -0.05) is 172 Å². The molecule has 2 saturated heterocycles. The highest BCUT2D eigenvalue weighted by atomic mass is 19.4. The Morgan fingerprint density at radius 3 is 1.16 bits per heavy atom. The van der Waals surface area contributed by atoms with Gasteiger partial charge in [0.05, 0.1) is 49.5 Å². The average Bonchev–Trinajstić information content (AvgIpc) is 1.64. The summed E-state index contributed by atoms with van der Waals surface area (Å²) in [5, 5.41) is 12.0. The van der Waals surface area contributed by atoms with Crippen LogP contribution in [0.4, 0.5) is 13.2 Å². The summed E-state index contributed by atoms with van der Waals surface area (Å²) in [6.07, 6.45) is 2.69.